The monoisotopic (exact) mass is 106 g/mol. The summed E-state index contributed by atoms with van der Waals surface area (Å²) in [5.41, 5.74) is 1.75. The molecule has 0 atom stereocenters. The number of hydrogen-bond acceptors (Lipinski definition) is 4. The first-order valence-electron chi connectivity index (χ1n) is 1.09. The topological polar surface area (TPSA) is 24.4 Å². The standard InChI is InChI=1S/CH2N2S2/c1-2-3-5-4-1/h1,3H. The number of rotatable bonds is 0. The largest absolute Gasteiger partial charge is 0.241 e. The second kappa shape index (κ2) is 1.57. The van der Waals surface area contributed by atoms with Crippen molar-refractivity contribution in [1.82, 2.24) is 4.83 Å². The van der Waals surface area contributed by atoms with Crippen molar-refractivity contribution in [3.05, 3.63) is 0 Å². The van der Waals surface area contributed by atoms with Crippen LogP contribution >= 0.6 is 21.8 Å². The molecule has 0 amide bonds. The predicted molar refractivity (Wildman–Crippen MR) is 26.8 cm³/mol. The van der Waals surface area contributed by atoms with E-state index < -0.39 is 0 Å². The van der Waals surface area contributed by atoms with Gasteiger partial charge in [0.15, 0.2) is 0 Å². The van der Waals surface area contributed by atoms with Crippen LogP contribution in [0.2, 0.25) is 0 Å². The fourth-order valence-electron chi connectivity index (χ4n) is 0.108. The van der Waals surface area contributed by atoms with Crippen molar-refractivity contribution in [3.63, 3.8) is 0 Å². The van der Waals surface area contributed by atoms with E-state index in [2.05, 4.69) is 9.93 Å². The molecule has 0 saturated heterocycles. The van der Waals surface area contributed by atoms with Gasteiger partial charge in [0.1, 0.15) is 0 Å². The van der Waals surface area contributed by atoms with Gasteiger partial charge in [-0.3, -0.25) is 0 Å². The lowest BCUT2D eigenvalue weighted by Crippen LogP contribution is -1.76. The van der Waals surface area contributed by atoms with Gasteiger partial charge in [-0.15, -0.1) is 0 Å². The first kappa shape index (κ1) is 3.36. The van der Waals surface area contributed by atoms with Crippen molar-refractivity contribution < 1.29 is 0 Å². The summed E-state index contributed by atoms with van der Waals surface area (Å²) in [6, 6.07) is 0. The van der Waals surface area contributed by atoms with Crippen molar-refractivity contribution >= 4 is 27.3 Å². The third kappa shape index (κ3) is 0.735. The van der Waals surface area contributed by atoms with Gasteiger partial charge < -0.3 is 0 Å². The van der Waals surface area contributed by atoms with Crippen LogP contribution in [0.3, 0.4) is 0 Å². The van der Waals surface area contributed by atoms with Crippen LogP contribution in [0.25, 0.3) is 0 Å². The van der Waals surface area contributed by atoms with Gasteiger partial charge >= 0.3 is 0 Å². The van der Waals surface area contributed by atoms with Crippen molar-refractivity contribution in [1.29, 1.82) is 0 Å². The van der Waals surface area contributed by atoms with Crippen molar-refractivity contribution in [3.8, 4) is 0 Å². The minimum Gasteiger partial charge on any atom is -0.241 e. The highest BCUT2D eigenvalue weighted by Gasteiger charge is 1.85. The van der Waals surface area contributed by atoms with Gasteiger partial charge in [0.05, 0.1) is 5.55 Å². The van der Waals surface area contributed by atoms with Crippen molar-refractivity contribution in [2.45, 2.75) is 0 Å². The average molecular weight is 106 g/mol. The van der Waals surface area contributed by atoms with E-state index in [9.17, 15) is 0 Å². The highest BCUT2D eigenvalue weighted by atomic mass is 33.1. The van der Waals surface area contributed by atoms with E-state index in [4.69, 9.17) is 0 Å². The zero-order valence-electron chi connectivity index (χ0n) is 2.34. The van der Waals surface area contributed by atoms with Gasteiger partial charge in [-0.25, -0.2) is 4.83 Å². The minimum absolute atomic E-state index is 1.52. The number of nitrogens with zero attached hydrogens (tertiary/aromatic N) is 1. The highest BCUT2D eigenvalue weighted by molar-refractivity contribution is 8.81. The lowest BCUT2D eigenvalue weighted by molar-refractivity contribution is 1.15. The maximum absolute atomic E-state index is 3.63. The number of hydrazone groups is 1. The molecule has 0 bridgehead atoms. The van der Waals surface area contributed by atoms with E-state index in [1.807, 2.05) is 0 Å². The fourth-order valence-corrected chi connectivity index (χ4v) is 0.968. The van der Waals surface area contributed by atoms with Crippen LogP contribution in [-0.4, -0.2) is 5.55 Å². The summed E-state index contributed by atoms with van der Waals surface area (Å²) in [4.78, 5) is 2.67. The molecule has 1 N–H and O–H groups in total. The Morgan fingerprint density at radius 1 is 1.80 bits per heavy atom. The Morgan fingerprint density at radius 3 is 3.00 bits per heavy atom. The molecular weight excluding hydrogens is 104 g/mol. The average Bonchev–Trinajstić information content (AvgIpc) is 1.76. The number of nitrogens with one attached hydrogen (secondary N) is 1. The van der Waals surface area contributed by atoms with Crippen LogP contribution in [0.5, 0.6) is 0 Å². The van der Waals surface area contributed by atoms with Crippen LogP contribution in [0.15, 0.2) is 5.10 Å². The molecule has 1 heterocycles. The Labute approximate surface area is 37.9 Å². The summed E-state index contributed by atoms with van der Waals surface area (Å²) >= 11 is 0. The van der Waals surface area contributed by atoms with Crippen LogP contribution in [0.1, 0.15) is 0 Å². The number of hydrogen-bond donors (Lipinski definition) is 1. The van der Waals surface area contributed by atoms with Crippen LogP contribution < -0.4 is 4.83 Å². The normalized spacial score (nSPS) is 19.2. The Balaban J connectivity index is 2.32. The quantitative estimate of drug-likeness (QED) is 0.365. The molecule has 1 aliphatic heterocycles. The van der Waals surface area contributed by atoms with Crippen molar-refractivity contribution in [2.75, 3.05) is 0 Å². The second-order valence-corrected chi connectivity index (χ2v) is 2.34. The molecule has 2 nitrogen and oxygen atoms in total. The molecule has 0 radical (unpaired) electrons. The van der Waals surface area contributed by atoms with Gasteiger partial charge in [0, 0.05) is 11.0 Å². The zero-order chi connectivity index (χ0) is 3.54. The summed E-state index contributed by atoms with van der Waals surface area (Å²) in [7, 11) is 3.11. The molecule has 1 aliphatic rings. The maximum Gasteiger partial charge on any atom is 0.0932 e. The van der Waals surface area contributed by atoms with Gasteiger partial charge in [-0.2, -0.15) is 5.10 Å². The van der Waals surface area contributed by atoms with Crippen LogP contribution in [0, 0.1) is 0 Å². The molecule has 0 aliphatic carbocycles. The molecule has 4 heteroatoms. The summed E-state index contributed by atoms with van der Waals surface area (Å²) in [5.74, 6) is 0. The maximum atomic E-state index is 3.63. The molecule has 28 valence electrons. The molecule has 0 spiro atoms. The van der Waals surface area contributed by atoms with Crippen molar-refractivity contribution in [2.24, 2.45) is 5.10 Å². The van der Waals surface area contributed by atoms with E-state index in [1.54, 1.807) is 16.3 Å². The van der Waals surface area contributed by atoms with E-state index in [0.29, 0.717) is 0 Å². The molecule has 0 aromatic rings. The first-order chi connectivity index (χ1) is 2.50. The molecule has 0 aromatic carbocycles. The summed E-state index contributed by atoms with van der Waals surface area (Å²) in [6.07, 6.45) is 0. The van der Waals surface area contributed by atoms with E-state index in [1.165, 1.54) is 11.0 Å². The lowest BCUT2D eigenvalue weighted by atomic mass is 11.7. The third-order valence-electron chi connectivity index (χ3n) is 0.234. The van der Waals surface area contributed by atoms with E-state index in [0.717, 1.165) is 0 Å². The summed E-state index contributed by atoms with van der Waals surface area (Å²) < 4.78 is 0. The lowest BCUT2D eigenvalue weighted by Gasteiger charge is -1.73. The zero-order valence-corrected chi connectivity index (χ0v) is 3.97. The van der Waals surface area contributed by atoms with Gasteiger partial charge in [0.2, 0.25) is 0 Å². The molecule has 0 fully saturated rings. The third-order valence-corrected chi connectivity index (χ3v) is 1.47. The van der Waals surface area contributed by atoms with Crippen LogP contribution in [-0.2, 0) is 0 Å². The summed E-state index contributed by atoms with van der Waals surface area (Å²) in [5, 5.41) is 3.63. The first-order valence-corrected chi connectivity index (χ1v) is 3.30. The molecular formula is CH2N2S2. The molecule has 1 rings (SSSR count). The molecule has 0 saturated carbocycles. The summed E-state index contributed by atoms with van der Waals surface area (Å²) in [6.45, 7) is 0. The van der Waals surface area contributed by atoms with E-state index >= 15 is 0 Å². The smallest absolute Gasteiger partial charge is 0.0932 e. The second-order valence-electron chi connectivity index (χ2n) is 0.505. The SMILES string of the molecule is C1=NNSS1. The Kier molecular flexibility index (Phi) is 1.05. The van der Waals surface area contributed by atoms with Crippen LogP contribution in [0.4, 0.5) is 0 Å². The molecule has 5 heavy (non-hydrogen) atoms. The Morgan fingerprint density at radius 2 is 2.80 bits per heavy atom. The predicted octanol–water partition coefficient (Wildman–Crippen LogP) is 0.829. The molecule has 0 unspecified atom stereocenters. The van der Waals surface area contributed by atoms with E-state index in [-0.39, 0.29) is 0 Å². The highest BCUT2D eigenvalue weighted by Crippen LogP contribution is 2.17. The minimum atomic E-state index is 1.52. The Bertz CT molecular complexity index is 45.6. The van der Waals surface area contributed by atoms with Gasteiger partial charge in [-0.1, -0.05) is 0 Å². The van der Waals surface area contributed by atoms with Gasteiger partial charge in [-0.05, 0) is 10.8 Å². The van der Waals surface area contributed by atoms with Gasteiger partial charge in [0.25, 0.3) is 0 Å². The fraction of sp³-hybridized carbons (Fsp3) is 0. The Hall–Kier alpha value is 0.170. The molecule has 0 aromatic heterocycles.